The quantitative estimate of drug-likeness (QED) is 0.490. The van der Waals surface area contributed by atoms with E-state index in [0.717, 1.165) is 11.6 Å². The summed E-state index contributed by atoms with van der Waals surface area (Å²) in [5.41, 5.74) is 0.276. The van der Waals surface area contributed by atoms with Gasteiger partial charge in [0.1, 0.15) is 0 Å². The second kappa shape index (κ2) is 7.35. The molecule has 2 aromatic rings. The molecule has 0 aliphatic rings. The van der Waals surface area contributed by atoms with Crippen molar-refractivity contribution in [2.24, 2.45) is 0 Å². The van der Waals surface area contributed by atoms with E-state index in [0.29, 0.717) is 10.6 Å². The standard InChI is InChI=1S/C15H11F3N2O3S/c16-15(17,18)14(21)19-12-8-11(20(22)23)6-7-13(12)24-9-10-4-2-1-3-5-10/h1-8H,9H2,(H,19,21). The van der Waals surface area contributed by atoms with Gasteiger partial charge in [-0.2, -0.15) is 13.2 Å². The number of halogens is 3. The van der Waals surface area contributed by atoms with Crippen molar-refractivity contribution in [2.45, 2.75) is 16.8 Å². The summed E-state index contributed by atoms with van der Waals surface area (Å²) in [4.78, 5) is 21.5. The second-order valence-corrected chi connectivity index (χ2v) is 5.68. The molecule has 0 aromatic heterocycles. The Kier molecular flexibility index (Phi) is 5.45. The lowest BCUT2D eigenvalue weighted by atomic mass is 10.2. The first-order valence-electron chi connectivity index (χ1n) is 6.60. The smallest absolute Gasteiger partial charge is 0.317 e. The third kappa shape index (κ3) is 4.72. The first-order chi connectivity index (χ1) is 11.3. The van der Waals surface area contributed by atoms with Gasteiger partial charge in [-0.15, -0.1) is 11.8 Å². The van der Waals surface area contributed by atoms with Crippen LogP contribution in [0.25, 0.3) is 0 Å². The Morgan fingerprint density at radius 1 is 1.17 bits per heavy atom. The van der Waals surface area contributed by atoms with E-state index in [1.807, 2.05) is 30.3 Å². The number of hydrogen-bond acceptors (Lipinski definition) is 4. The van der Waals surface area contributed by atoms with Crippen molar-refractivity contribution in [3.8, 4) is 0 Å². The number of carbonyl (C=O) groups is 1. The van der Waals surface area contributed by atoms with Crippen LogP contribution in [-0.4, -0.2) is 17.0 Å². The molecule has 0 saturated carbocycles. The number of alkyl halides is 3. The van der Waals surface area contributed by atoms with E-state index >= 15 is 0 Å². The van der Waals surface area contributed by atoms with Crippen LogP contribution in [0.15, 0.2) is 53.4 Å². The summed E-state index contributed by atoms with van der Waals surface area (Å²) < 4.78 is 37.3. The van der Waals surface area contributed by atoms with E-state index in [-0.39, 0.29) is 5.69 Å². The predicted octanol–water partition coefficient (Wildman–Crippen LogP) is 4.39. The monoisotopic (exact) mass is 356 g/mol. The van der Waals surface area contributed by atoms with Crippen molar-refractivity contribution in [3.05, 3.63) is 64.2 Å². The molecular weight excluding hydrogens is 345 g/mol. The molecule has 0 aliphatic heterocycles. The maximum atomic E-state index is 12.4. The average molecular weight is 356 g/mol. The number of carbonyl (C=O) groups excluding carboxylic acids is 1. The molecule has 0 aliphatic carbocycles. The largest absolute Gasteiger partial charge is 0.471 e. The highest BCUT2D eigenvalue weighted by Gasteiger charge is 2.39. The number of benzene rings is 2. The van der Waals surface area contributed by atoms with Crippen molar-refractivity contribution >= 4 is 29.0 Å². The summed E-state index contributed by atoms with van der Waals surface area (Å²) in [5, 5.41) is 12.5. The van der Waals surface area contributed by atoms with Crippen LogP contribution in [-0.2, 0) is 10.5 Å². The van der Waals surface area contributed by atoms with Gasteiger partial charge in [0.15, 0.2) is 0 Å². The normalized spacial score (nSPS) is 11.1. The first-order valence-corrected chi connectivity index (χ1v) is 7.59. The Labute approximate surface area is 139 Å². The predicted molar refractivity (Wildman–Crippen MR) is 83.8 cm³/mol. The lowest BCUT2D eigenvalue weighted by molar-refractivity contribution is -0.384. The zero-order chi connectivity index (χ0) is 17.7. The summed E-state index contributed by atoms with van der Waals surface area (Å²) >= 11 is 1.17. The molecule has 0 radical (unpaired) electrons. The van der Waals surface area contributed by atoms with Crippen molar-refractivity contribution in [2.75, 3.05) is 5.32 Å². The first kappa shape index (κ1) is 17.8. The van der Waals surface area contributed by atoms with Gasteiger partial charge >= 0.3 is 12.1 Å². The zero-order valence-corrected chi connectivity index (χ0v) is 12.9. The highest BCUT2D eigenvalue weighted by atomic mass is 32.2. The van der Waals surface area contributed by atoms with E-state index < -0.39 is 22.7 Å². The van der Waals surface area contributed by atoms with Gasteiger partial charge in [0, 0.05) is 22.8 Å². The molecule has 0 saturated heterocycles. The molecule has 9 heteroatoms. The molecule has 0 heterocycles. The molecule has 1 amide bonds. The lowest BCUT2D eigenvalue weighted by Gasteiger charge is -2.12. The zero-order valence-electron chi connectivity index (χ0n) is 12.0. The van der Waals surface area contributed by atoms with E-state index in [1.54, 1.807) is 5.32 Å². The van der Waals surface area contributed by atoms with E-state index in [2.05, 4.69) is 0 Å². The molecule has 0 atom stereocenters. The van der Waals surface area contributed by atoms with Crippen LogP contribution in [0, 0.1) is 10.1 Å². The van der Waals surface area contributed by atoms with Crippen LogP contribution in [0.1, 0.15) is 5.56 Å². The number of anilines is 1. The summed E-state index contributed by atoms with van der Waals surface area (Å²) in [6.45, 7) is 0. The molecule has 126 valence electrons. The maximum absolute atomic E-state index is 12.4. The summed E-state index contributed by atoms with van der Waals surface area (Å²) in [6, 6.07) is 12.6. The minimum absolute atomic E-state index is 0.243. The number of non-ortho nitro benzene ring substituents is 1. The third-order valence-electron chi connectivity index (χ3n) is 2.92. The fourth-order valence-electron chi connectivity index (χ4n) is 1.78. The third-order valence-corrected chi connectivity index (χ3v) is 4.06. The fraction of sp³-hybridized carbons (Fsp3) is 0.133. The topological polar surface area (TPSA) is 72.2 Å². The van der Waals surface area contributed by atoms with Crippen molar-refractivity contribution < 1.29 is 22.9 Å². The number of nitrogens with one attached hydrogen (secondary N) is 1. The van der Waals surface area contributed by atoms with Crippen LogP contribution < -0.4 is 5.32 Å². The summed E-state index contributed by atoms with van der Waals surface area (Å²) in [6.07, 6.45) is -5.08. The van der Waals surface area contributed by atoms with Gasteiger partial charge in [-0.05, 0) is 11.6 Å². The van der Waals surface area contributed by atoms with Gasteiger partial charge in [0.25, 0.3) is 5.69 Å². The Balaban J connectivity index is 2.25. The average Bonchev–Trinajstić information content (AvgIpc) is 2.53. The fourth-order valence-corrected chi connectivity index (χ4v) is 2.73. The van der Waals surface area contributed by atoms with Gasteiger partial charge in [0.05, 0.1) is 10.6 Å². The van der Waals surface area contributed by atoms with Gasteiger partial charge in [0.2, 0.25) is 0 Å². The molecule has 2 aromatic carbocycles. The molecule has 0 spiro atoms. The Morgan fingerprint density at radius 2 is 1.83 bits per heavy atom. The molecule has 0 unspecified atom stereocenters. The number of nitrogens with zero attached hydrogens (tertiary/aromatic N) is 1. The minimum Gasteiger partial charge on any atom is -0.317 e. The SMILES string of the molecule is O=C(Nc1cc([N+](=O)[O-])ccc1SCc1ccccc1)C(F)(F)F. The minimum atomic E-state index is -5.08. The Bertz CT molecular complexity index is 751. The maximum Gasteiger partial charge on any atom is 0.471 e. The van der Waals surface area contributed by atoms with Crippen LogP contribution in [0.4, 0.5) is 24.5 Å². The number of nitro groups is 1. The van der Waals surface area contributed by atoms with Crippen molar-refractivity contribution in [1.82, 2.24) is 0 Å². The highest BCUT2D eigenvalue weighted by Crippen LogP contribution is 2.33. The molecular formula is C15H11F3N2O3S. The van der Waals surface area contributed by atoms with Gasteiger partial charge in [-0.25, -0.2) is 0 Å². The highest BCUT2D eigenvalue weighted by molar-refractivity contribution is 7.98. The van der Waals surface area contributed by atoms with Gasteiger partial charge in [-0.1, -0.05) is 30.3 Å². The molecule has 1 N–H and O–H groups in total. The van der Waals surface area contributed by atoms with Gasteiger partial charge < -0.3 is 5.32 Å². The number of rotatable bonds is 5. The molecule has 2 rings (SSSR count). The number of amides is 1. The lowest BCUT2D eigenvalue weighted by Crippen LogP contribution is -2.30. The molecule has 0 bridgehead atoms. The van der Waals surface area contributed by atoms with Crippen LogP contribution >= 0.6 is 11.8 Å². The van der Waals surface area contributed by atoms with E-state index in [4.69, 9.17) is 0 Å². The number of hydrogen-bond donors (Lipinski definition) is 1. The second-order valence-electron chi connectivity index (χ2n) is 4.66. The molecule has 24 heavy (non-hydrogen) atoms. The summed E-state index contributed by atoms with van der Waals surface area (Å²) in [5.74, 6) is -1.74. The summed E-state index contributed by atoms with van der Waals surface area (Å²) in [7, 11) is 0. The Hall–Kier alpha value is -2.55. The van der Waals surface area contributed by atoms with E-state index in [9.17, 15) is 28.1 Å². The molecule has 0 fully saturated rings. The van der Waals surface area contributed by atoms with Crippen LogP contribution in [0.2, 0.25) is 0 Å². The van der Waals surface area contributed by atoms with Crippen LogP contribution in [0.3, 0.4) is 0 Å². The Morgan fingerprint density at radius 3 is 2.42 bits per heavy atom. The molecule has 5 nitrogen and oxygen atoms in total. The number of thioether (sulfide) groups is 1. The van der Waals surface area contributed by atoms with Crippen molar-refractivity contribution in [1.29, 1.82) is 0 Å². The van der Waals surface area contributed by atoms with E-state index in [1.165, 1.54) is 23.9 Å². The van der Waals surface area contributed by atoms with Gasteiger partial charge in [-0.3, -0.25) is 14.9 Å². The van der Waals surface area contributed by atoms with Crippen molar-refractivity contribution in [3.63, 3.8) is 0 Å². The van der Waals surface area contributed by atoms with Crippen LogP contribution in [0.5, 0.6) is 0 Å². The number of nitro benzene ring substituents is 1.